The van der Waals surface area contributed by atoms with Crippen LogP contribution in [0.1, 0.15) is 0 Å². The van der Waals surface area contributed by atoms with Gasteiger partial charge in [0.25, 0.3) is 5.56 Å². The third-order valence-corrected chi connectivity index (χ3v) is 3.40. The molecule has 0 bridgehead atoms. The Balaban J connectivity index is 2.30. The minimum Gasteiger partial charge on any atom is -0.381 e. The van der Waals surface area contributed by atoms with Crippen LogP contribution < -0.4 is 16.1 Å². The molecule has 0 aromatic carbocycles. The predicted octanol–water partition coefficient (Wildman–Crippen LogP) is -1.84. The van der Waals surface area contributed by atoms with E-state index >= 15 is 0 Å². The summed E-state index contributed by atoms with van der Waals surface area (Å²) < 4.78 is 2.57. The van der Waals surface area contributed by atoms with E-state index in [1.165, 1.54) is 17.7 Å². The van der Waals surface area contributed by atoms with Gasteiger partial charge in [0.2, 0.25) is 0 Å². The second-order valence-electron chi connectivity index (χ2n) is 4.49. The molecule has 1 aromatic rings. The van der Waals surface area contributed by atoms with E-state index in [2.05, 4.69) is 0 Å². The number of nitrogens with zero attached hydrogens (tertiary/aromatic N) is 4. The number of hydrogen-bond acceptors (Lipinski definition) is 5. The van der Waals surface area contributed by atoms with Crippen molar-refractivity contribution in [3.63, 3.8) is 0 Å². The molecule has 7 nitrogen and oxygen atoms in total. The zero-order valence-electron chi connectivity index (χ0n) is 10.7. The van der Waals surface area contributed by atoms with Crippen LogP contribution in [0.25, 0.3) is 0 Å². The molecule has 1 aliphatic rings. The highest BCUT2D eigenvalue weighted by Crippen LogP contribution is 2.11. The molecule has 0 aliphatic carbocycles. The van der Waals surface area contributed by atoms with E-state index in [4.69, 9.17) is 5.11 Å². The average molecular weight is 254 g/mol. The molecule has 0 radical (unpaired) electrons. The van der Waals surface area contributed by atoms with Crippen molar-refractivity contribution >= 4 is 5.82 Å². The second kappa shape index (κ2) is 4.95. The van der Waals surface area contributed by atoms with Crippen molar-refractivity contribution in [1.82, 2.24) is 14.0 Å². The van der Waals surface area contributed by atoms with E-state index in [0.29, 0.717) is 18.9 Å². The highest BCUT2D eigenvalue weighted by atomic mass is 16.3. The zero-order valence-corrected chi connectivity index (χ0v) is 10.7. The SMILES string of the molecule is Cn1c(N2CCN(CO)CC2)cc(=O)n(C)c1=O. The van der Waals surface area contributed by atoms with Crippen LogP contribution >= 0.6 is 0 Å². The second-order valence-corrected chi connectivity index (χ2v) is 4.49. The maximum absolute atomic E-state index is 11.8. The Bertz CT molecular complexity index is 540. The van der Waals surface area contributed by atoms with Crippen LogP contribution in [-0.4, -0.2) is 52.1 Å². The van der Waals surface area contributed by atoms with Crippen molar-refractivity contribution < 1.29 is 5.11 Å². The Morgan fingerprint density at radius 1 is 1.11 bits per heavy atom. The fourth-order valence-electron chi connectivity index (χ4n) is 2.14. The number of hydrogen-bond donors (Lipinski definition) is 1. The lowest BCUT2D eigenvalue weighted by Crippen LogP contribution is -2.49. The molecule has 100 valence electrons. The van der Waals surface area contributed by atoms with Gasteiger partial charge in [0, 0.05) is 46.3 Å². The summed E-state index contributed by atoms with van der Waals surface area (Å²) in [6.45, 7) is 2.88. The van der Waals surface area contributed by atoms with E-state index in [-0.39, 0.29) is 18.0 Å². The van der Waals surface area contributed by atoms with E-state index in [9.17, 15) is 9.59 Å². The van der Waals surface area contributed by atoms with Crippen LogP contribution in [0.2, 0.25) is 0 Å². The predicted molar refractivity (Wildman–Crippen MR) is 67.8 cm³/mol. The molecular formula is C11H18N4O3. The minimum atomic E-state index is -0.318. The minimum absolute atomic E-state index is 0.0450. The molecule has 1 aromatic heterocycles. The number of aliphatic hydroxyl groups is 1. The normalized spacial score (nSPS) is 17.2. The van der Waals surface area contributed by atoms with E-state index < -0.39 is 0 Å². The summed E-state index contributed by atoms with van der Waals surface area (Å²) in [5.41, 5.74) is -0.611. The van der Waals surface area contributed by atoms with Crippen molar-refractivity contribution in [2.75, 3.05) is 37.8 Å². The molecule has 0 atom stereocenters. The number of rotatable bonds is 2. The van der Waals surface area contributed by atoms with Crippen LogP contribution in [0, 0.1) is 0 Å². The summed E-state index contributed by atoms with van der Waals surface area (Å²) >= 11 is 0. The van der Waals surface area contributed by atoms with Gasteiger partial charge in [-0.15, -0.1) is 0 Å². The van der Waals surface area contributed by atoms with Crippen LogP contribution in [0.15, 0.2) is 15.7 Å². The van der Waals surface area contributed by atoms with Gasteiger partial charge in [0.15, 0.2) is 0 Å². The van der Waals surface area contributed by atoms with Crippen LogP contribution in [-0.2, 0) is 14.1 Å². The van der Waals surface area contributed by atoms with Crippen molar-refractivity contribution in [3.05, 3.63) is 26.9 Å². The van der Waals surface area contributed by atoms with Crippen LogP contribution in [0.3, 0.4) is 0 Å². The summed E-state index contributed by atoms with van der Waals surface area (Å²) in [4.78, 5) is 27.4. The first kappa shape index (κ1) is 12.8. The van der Waals surface area contributed by atoms with Crippen molar-refractivity contribution in [3.8, 4) is 0 Å². The van der Waals surface area contributed by atoms with Gasteiger partial charge in [0.05, 0.1) is 6.73 Å². The lowest BCUT2D eigenvalue weighted by atomic mass is 10.3. The topological polar surface area (TPSA) is 70.7 Å². The van der Waals surface area contributed by atoms with Gasteiger partial charge in [-0.2, -0.15) is 0 Å². The molecule has 0 unspecified atom stereocenters. The fraction of sp³-hybridized carbons (Fsp3) is 0.636. The maximum Gasteiger partial charge on any atom is 0.332 e. The fourth-order valence-corrected chi connectivity index (χ4v) is 2.14. The maximum atomic E-state index is 11.8. The summed E-state index contributed by atoms with van der Waals surface area (Å²) in [6.07, 6.45) is 0. The molecule has 1 N–H and O–H groups in total. The first-order valence-corrected chi connectivity index (χ1v) is 5.90. The van der Waals surface area contributed by atoms with Crippen LogP contribution in [0.4, 0.5) is 5.82 Å². The zero-order chi connectivity index (χ0) is 13.3. The van der Waals surface area contributed by atoms with Crippen molar-refractivity contribution in [2.45, 2.75) is 0 Å². The van der Waals surface area contributed by atoms with Gasteiger partial charge < -0.3 is 10.0 Å². The first-order chi connectivity index (χ1) is 8.54. The Labute approximate surface area is 104 Å². The number of anilines is 1. The molecule has 1 saturated heterocycles. The molecule has 18 heavy (non-hydrogen) atoms. The van der Waals surface area contributed by atoms with Gasteiger partial charge in [-0.05, 0) is 0 Å². The Morgan fingerprint density at radius 3 is 2.28 bits per heavy atom. The molecule has 1 fully saturated rings. The smallest absolute Gasteiger partial charge is 0.332 e. The highest BCUT2D eigenvalue weighted by molar-refractivity contribution is 5.38. The molecule has 0 amide bonds. The lowest BCUT2D eigenvalue weighted by Gasteiger charge is -2.35. The molecule has 2 heterocycles. The standard InChI is InChI=1S/C11H18N4O3/c1-12-9(7-10(17)13(2)11(12)18)15-5-3-14(8-16)4-6-15/h7,16H,3-6,8H2,1-2H3. The molecule has 2 rings (SSSR count). The van der Waals surface area contributed by atoms with Gasteiger partial charge in [-0.25, -0.2) is 4.79 Å². The lowest BCUT2D eigenvalue weighted by molar-refractivity contribution is 0.101. The molecule has 0 spiro atoms. The molecule has 0 saturated carbocycles. The Morgan fingerprint density at radius 2 is 1.72 bits per heavy atom. The largest absolute Gasteiger partial charge is 0.381 e. The first-order valence-electron chi connectivity index (χ1n) is 5.90. The summed E-state index contributed by atoms with van der Waals surface area (Å²) in [5.74, 6) is 0.640. The number of piperazine rings is 1. The molecular weight excluding hydrogens is 236 g/mol. The Hall–Kier alpha value is -1.60. The summed E-state index contributed by atoms with van der Waals surface area (Å²) in [6, 6.07) is 1.48. The third-order valence-electron chi connectivity index (χ3n) is 3.40. The Kier molecular flexibility index (Phi) is 3.53. The van der Waals surface area contributed by atoms with Crippen LogP contribution in [0.5, 0.6) is 0 Å². The quantitative estimate of drug-likeness (QED) is 0.671. The average Bonchev–Trinajstić information content (AvgIpc) is 2.41. The van der Waals surface area contributed by atoms with Gasteiger partial charge in [-0.3, -0.25) is 18.8 Å². The van der Waals surface area contributed by atoms with Gasteiger partial charge >= 0.3 is 5.69 Å². The van der Waals surface area contributed by atoms with Crippen molar-refractivity contribution in [2.24, 2.45) is 14.1 Å². The highest BCUT2D eigenvalue weighted by Gasteiger charge is 2.19. The molecule has 1 aliphatic heterocycles. The van der Waals surface area contributed by atoms with E-state index in [1.54, 1.807) is 7.05 Å². The number of aliphatic hydroxyl groups excluding tert-OH is 1. The third kappa shape index (κ3) is 2.19. The van der Waals surface area contributed by atoms with E-state index in [0.717, 1.165) is 17.7 Å². The summed E-state index contributed by atoms with van der Waals surface area (Å²) in [7, 11) is 3.13. The number of aromatic nitrogens is 2. The monoisotopic (exact) mass is 254 g/mol. The van der Waals surface area contributed by atoms with Gasteiger partial charge in [-0.1, -0.05) is 0 Å². The molecule has 7 heteroatoms. The van der Waals surface area contributed by atoms with Gasteiger partial charge in [0.1, 0.15) is 5.82 Å². The summed E-state index contributed by atoms with van der Waals surface area (Å²) in [5, 5.41) is 9.03. The van der Waals surface area contributed by atoms with E-state index in [1.807, 2.05) is 9.80 Å². The van der Waals surface area contributed by atoms with Crippen molar-refractivity contribution in [1.29, 1.82) is 0 Å².